The molecule has 0 spiro atoms. The number of fused-ring (bicyclic) bond motifs is 1. The number of pyridine rings is 1. The summed E-state index contributed by atoms with van der Waals surface area (Å²) in [7, 11) is 1.49. The second-order valence-electron chi connectivity index (χ2n) is 10.2. The molecule has 0 radical (unpaired) electrons. The summed E-state index contributed by atoms with van der Waals surface area (Å²) in [6.45, 7) is 8.80. The van der Waals surface area contributed by atoms with Gasteiger partial charge in [-0.2, -0.15) is 0 Å². The highest BCUT2D eigenvalue weighted by Gasteiger charge is 2.24. The second kappa shape index (κ2) is 10.7. The maximum atomic E-state index is 14.9. The molecule has 10 heteroatoms. The van der Waals surface area contributed by atoms with Crippen molar-refractivity contribution in [1.82, 2.24) is 13.7 Å². The fourth-order valence-electron chi connectivity index (χ4n) is 4.59. The molecule has 1 amide bonds. The number of carbonyl (C=O) groups is 1. The average Bonchev–Trinajstić information content (AvgIpc) is 2.86. The minimum atomic E-state index is -0.614. The van der Waals surface area contributed by atoms with E-state index in [1.54, 1.807) is 44.2 Å². The third kappa shape index (κ3) is 5.27. The van der Waals surface area contributed by atoms with Crippen LogP contribution in [0.25, 0.3) is 16.6 Å². The molecule has 9 nitrogen and oxygen atoms in total. The molecule has 2 aromatic heterocycles. The SMILES string of the molecule is CC(=O)Nc1cccc(-n2c(=O)n(CCC(C)C)c(=O)c3c(Nc4ccc(C)cc4F)n(C)c(=O)c(C)c32)c1. The quantitative estimate of drug-likeness (QED) is 0.367. The van der Waals surface area contributed by atoms with E-state index in [9.17, 15) is 23.6 Å². The predicted octanol–water partition coefficient (Wildman–Crippen LogP) is 4.36. The largest absolute Gasteiger partial charge is 0.338 e. The number of benzene rings is 2. The van der Waals surface area contributed by atoms with Gasteiger partial charge in [0, 0.05) is 31.8 Å². The lowest BCUT2D eigenvalue weighted by molar-refractivity contribution is -0.114. The van der Waals surface area contributed by atoms with Crippen molar-refractivity contribution in [2.24, 2.45) is 13.0 Å². The highest BCUT2D eigenvalue weighted by Crippen LogP contribution is 2.27. The normalized spacial score (nSPS) is 11.3. The number of nitrogens with zero attached hydrogens (tertiary/aromatic N) is 3. The van der Waals surface area contributed by atoms with Gasteiger partial charge in [-0.15, -0.1) is 0 Å². The van der Waals surface area contributed by atoms with E-state index in [-0.39, 0.29) is 46.3 Å². The molecule has 2 aromatic carbocycles. The Balaban J connectivity index is 2.15. The van der Waals surface area contributed by atoms with Crippen molar-refractivity contribution in [2.45, 2.75) is 47.6 Å². The van der Waals surface area contributed by atoms with Gasteiger partial charge in [-0.1, -0.05) is 26.0 Å². The summed E-state index contributed by atoms with van der Waals surface area (Å²) < 4.78 is 18.6. The lowest BCUT2D eigenvalue weighted by Gasteiger charge is -2.21. The van der Waals surface area contributed by atoms with Crippen molar-refractivity contribution in [3.05, 3.63) is 90.6 Å². The van der Waals surface area contributed by atoms with Crippen molar-refractivity contribution in [2.75, 3.05) is 10.6 Å². The number of halogens is 1. The lowest BCUT2D eigenvalue weighted by Crippen LogP contribution is -2.42. The van der Waals surface area contributed by atoms with Crippen molar-refractivity contribution < 1.29 is 9.18 Å². The highest BCUT2D eigenvalue weighted by atomic mass is 19.1. The molecular weight excluding hydrogens is 501 g/mol. The van der Waals surface area contributed by atoms with Crippen LogP contribution in [0.5, 0.6) is 0 Å². The zero-order valence-electron chi connectivity index (χ0n) is 22.9. The fraction of sp³-hybridized carbons (Fsp3) is 0.310. The van der Waals surface area contributed by atoms with Crippen molar-refractivity contribution in [1.29, 1.82) is 0 Å². The molecule has 0 aliphatic heterocycles. The Kier molecular flexibility index (Phi) is 7.58. The summed E-state index contributed by atoms with van der Waals surface area (Å²) in [5, 5.41) is 5.72. The molecule has 2 N–H and O–H groups in total. The monoisotopic (exact) mass is 533 g/mol. The van der Waals surface area contributed by atoms with Crippen LogP contribution in [0.4, 0.5) is 21.6 Å². The van der Waals surface area contributed by atoms with Gasteiger partial charge >= 0.3 is 5.69 Å². The zero-order chi connectivity index (χ0) is 28.6. The molecule has 4 aromatic rings. The van der Waals surface area contributed by atoms with Crippen LogP contribution in [0.3, 0.4) is 0 Å². The molecule has 4 rings (SSSR count). The Labute approximate surface area is 224 Å². The first-order valence-corrected chi connectivity index (χ1v) is 12.7. The van der Waals surface area contributed by atoms with Crippen LogP contribution >= 0.6 is 0 Å². The number of amides is 1. The van der Waals surface area contributed by atoms with Crippen LogP contribution in [-0.4, -0.2) is 19.6 Å². The molecule has 39 heavy (non-hydrogen) atoms. The summed E-state index contributed by atoms with van der Waals surface area (Å²) in [5.41, 5.74) is 0.240. The molecule has 0 aliphatic carbocycles. The molecule has 204 valence electrons. The molecule has 0 aliphatic rings. The van der Waals surface area contributed by atoms with Crippen LogP contribution in [0.15, 0.2) is 56.8 Å². The topological polar surface area (TPSA) is 107 Å². The average molecular weight is 534 g/mol. The van der Waals surface area contributed by atoms with Gasteiger partial charge in [-0.05, 0) is 62.1 Å². The van der Waals surface area contributed by atoms with E-state index in [0.29, 0.717) is 23.4 Å². The fourth-order valence-corrected chi connectivity index (χ4v) is 4.59. The number of nitrogens with one attached hydrogen (secondary N) is 2. The lowest BCUT2D eigenvalue weighted by atomic mass is 10.1. The van der Waals surface area contributed by atoms with Gasteiger partial charge in [0.15, 0.2) is 0 Å². The summed E-state index contributed by atoms with van der Waals surface area (Å²) >= 11 is 0. The summed E-state index contributed by atoms with van der Waals surface area (Å²) in [5.74, 6) is -0.557. The van der Waals surface area contributed by atoms with Gasteiger partial charge in [-0.25, -0.2) is 9.18 Å². The van der Waals surface area contributed by atoms with E-state index in [1.807, 2.05) is 13.8 Å². The van der Waals surface area contributed by atoms with Gasteiger partial charge in [0.2, 0.25) is 5.91 Å². The van der Waals surface area contributed by atoms with Gasteiger partial charge in [-0.3, -0.25) is 28.1 Å². The first-order chi connectivity index (χ1) is 18.4. The number of aromatic nitrogens is 3. The number of aryl methyl sites for hydroxylation is 2. The first kappa shape index (κ1) is 27.6. The summed E-state index contributed by atoms with van der Waals surface area (Å²) in [6, 6.07) is 11.2. The molecular formula is C29H32FN5O4. The van der Waals surface area contributed by atoms with E-state index in [2.05, 4.69) is 10.6 Å². The van der Waals surface area contributed by atoms with Crippen molar-refractivity contribution in [3.63, 3.8) is 0 Å². The van der Waals surface area contributed by atoms with E-state index >= 15 is 0 Å². The van der Waals surface area contributed by atoms with E-state index in [0.717, 1.165) is 4.57 Å². The molecule has 0 atom stereocenters. The molecule has 0 saturated heterocycles. The Morgan fingerprint density at radius 3 is 2.38 bits per heavy atom. The highest BCUT2D eigenvalue weighted by molar-refractivity contribution is 5.94. The zero-order valence-corrected chi connectivity index (χ0v) is 22.9. The van der Waals surface area contributed by atoms with E-state index in [1.165, 1.54) is 35.2 Å². The number of carbonyl (C=O) groups excluding carboxylic acids is 1. The molecule has 0 saturated carbocycles. The number of anilines is 3. The van der Waals surface area contributed by atoms with Crippen LogP contribution in [0.2, 0.25) is 0 Å². The number of hydrogen-bond acceptors (Lipinski definition) is 5. The van der Waals surface area contributed by atoms with Crippen LogP contribution < -0.4 is 27.4 Å². The predicted molar refractivity (Wildman–Crippen MR) is 152 cm³/mol. The molecule has 0 bridgehead atoms. The first-order valence-electron chi connectivity index (χ1n) is 12.7. The third-order valence-electron chi connectivity index (χ3n) is 6.63. The smallest absolute Gasteiger partial charge is 0.336 e. The second-order valence-corrected chi connectivity index (χ2v) is 10.2. The number of hydrogen-bond donors (Lipinski definition) is 2. The third-order valence-corrected chi connectivity index (χ3v) is 6.63. The van der Waals surface area contributed by atoms with Crippen LogP contribution in [-0.2, 0) is 18.4 Å². The molecule has 2 heterocycles. The van der Waals surface area contributed by atoms with E-state index in [4.69, 9.17) is 0 Å². The van der Waals surface area contributed by atoms with Gasteiger partial charge < -0.3 is 10.6 Å². The minimum Gasteiger partial charge on any atom is -0.338 e. The summed E-state index contributed by atoms with van der Waals surface area (Å²) in [4.78, 5) is 53.0. The Hall–Kier alpha value is -4.47. The summed E-state index contributed by atoms with van der Waals surface area (Å²) in [6.07, 6.45) is 0.562. The van der Waals surface area contributed by atoms with Gasteiger partial charge in [0.25, 0.3) is 11.1 Å². The minimum absolute atomic E-state index is 0.0680. The van der Waals surface area contributed by atoms with Gasteiger partial charge in [0.05, 0.1) is 16.9 Å². The van der Waals surface area contributed by atoms with Crippen molar-refractivity contribution >= 4 is 34.0 Å². The Bertz CT molecular complexity index is 1780. The Morgan fingerprint density at radius 1 is 1.03 bits per heavy atom. The number of rotatable bonds is 7. The van der Waals surface area contributed by atoms with Crippen LogP contribution in [0.1, 0.15) is 38.3 Å². The molecule has 0 fully saturated rings. The maximum Gasteiger partial charge on any atom is 0.336 e. The van der Waals surface area contributed by atoms with Gasteiger partial charge in [0.1, 0.15) is 17.0 Å². The van der Waals surface area contributed by atoms with Crippen molar-refractivity contribution in [3.8, 4) is 5.69 Å². The molecule has 0 unspecified atom stereocenters. The standard InChI is InChI=1S/C29H32FN5O4/c1-16(2)12-13-34-28(38)24-25(35(29(34)39)21-9-7-8-20(15-21)31-19(5)36)18(4)27(37)33(6)26(24)32-23-11-10-17(3)14-22(23)30/h7-11,14-16,32H,12-13H2,1-6H3,(H,31,36). The van der Waals surface area contributed by atoms with E-state index < -0.39 is 22.6 Å². The Morgan fingerprint density at radius 2 is 1.74 bits per heavy atom. The maximum absolute atomic E-state index is 14.9. The van der Waals surface area contributed by atoms with Crippen LogP contribution in [0, 0.1) is 25.6 Å².